The molecule has 0 bridgehead atoms. The average molecular weight is 226 g/mol. The molecule has 0 saturated carbocycles. The van der Waals surface area contributed by atoms with Crippen LogP contribution in [0.15, 0.2) is 18.2 Å². The number of carbonyl (C=O) groups excluding carboxylic acids is 1. The molecule has 3 nitrogen and oxygen atoms in total. The summed E-state index contributed by atoms with van der Waals surface area (Å²) in [5.41, 5.74) is 0.148. The zero-order chi connectivity index (χ0) is 11.5. The topological polar surface area (TPSA) is 32.3 Å². The van der Waals surface area contributed by atoms with E-state index in [0.717, 1.165) is 12.1 Å². The Hall–Kier alpha value is -1.49. The molecular formula is C11H12F2N2O. The van der Waals surface area contributed by atoms with E-state index in [1.165, 1.54) is 11.0 Å². The lowest BCUT2D eigenvalue weighted by Crippen LogP contribution is -2.32. The third kappa shape index (κ3) is 2.19. The van der Waals surface area contributed by atoms with Gasteiger partial charge in [-0.05, 0) is 12.1 Å². The van der Waals surface area contributed by atoms with Gasteiger partial charge in [-0.2, -0.15) is 0 Å². The predicted octanol–water partition coefficient (Wildman–Crippen LogP) is 1.29. The van der Waals surface area contributed by atoms with E-state index in [2.05, 4.69) is 5.32 Å². The number of hydrogen-bond donors (Lipinski definition) is 1. The zero-order valence-corrected chi connectivity index (χ0v) is 8.67. The van der Waals surface area contributed by atoms with Gasteiger partial charge in [-0.25, -0.2) is 8.78 Å². The number of anilines is 1. The Morgan fingerprint density at radius 1 is 1.25 bits per heavy atom. The van der Waals surface area contributed by atoms with Gasteiger partial charge in [0.2, 0.25) is 5.91 Å². The fraction of sp³-hybridized carbons (Fsp3) is 0.364. The normalized spacial score (nSPS) is 17.4. The Morgan fingerprint density at radius 2 is 2.06 bits per heavy atom. The Bertz CT molecular complexity index is 409. The first-order chi connectivity index (χ1) is 7.68. The van der Waals surface area contributed by atoms with Gasteiger partial charge in [-0.15, -0.1) is 0 Å². The first-order valence-electron chi connectivity index (χ1n) is 5.14. The van der Waals surface area contributed by atoms with E-state index in [1.807, 2.05) is 0 Å². The molecule has 1 aliphatic heterocycles. The third-order valence-electron chi connectivity index (χ3n) is 2.53. The first kappa shape index (κ1) is 11.0. The van der Waals surface area contributed by atoms with Crippen LogP contribution in [0, 0.1) is 11.6 Å². The fourth-order valence-corrected chi connectivity index (χ4v) is 1.73. The number of carbonyl (C=O) groups is 1. The predicted molar refractivity (Wildman–Crippen MR) is 56.2 cm³/mol. The zero-order valence-electron chi connectivity index (χ0n) is 8.67. The lowest BCUT2D eigenvalue weighted by molar-refractivity contribution is -0.118. The molecule has 0 aromatic heterocycles. The van der Waals surface area contributed by atoms with Crippen LogP contribution in [0.2, 0.25) is 0 Å². The number of rotatable bonds is 1. The number of nitrogens with one attached hydrogen (secondary N) is 1. The number of halogens is 2. The molecule has 0 unspecified atom stereocenters. The number of benzene rings is 1. The van der Waals surface area contributed by atoms with Crippen LogP contribution in [0.1, 0.15) is 6.42 Å². The molecule has 1 amide bonds. The number of hydrogen-bond acceptors (Lipinski definition) is 2. The Balaban J connectivity index is 2.30. The van der Waals surface area contributed by atoms with Gasteiger partial charge in [0.1, 0.15) is 11.6 Å². The smallest absolute Gasteiger partial charge is 0.228 e. The average Bonchev–Trinajstić information content (AvgIpc) is 2.44. The van der Waals surface area contributed by atoms with Gasteiger partial charge < -0.3 is 10.2 Å². The van der Waals surface area contributed by atoms with E-state index in [9.17, 15) is 13.6 Å². The van der Waals surface area contributed by atoms with Gasteiger partial charge in [0.05, 0.1) is 5.69 Å². The molecule has 86 valence electrons. The summed E-state index contributed by atoms with van der Waals surface area (Å²) in [4.78, 5) is 13.0. The van der Waals surface area contributed by atoms with Crippen LogP contribution in [0.5, 0.6) is 0 Å². The summed E-state index contributed by atoms with van der Waals surface area (Å²) in [7, 11) is 0. The van der Waals surface area contributed by atoms with Crippen molar-refractivity contribution in [3.8, 4) is 0 Å². The van der Waals surface area contributed by atoms with Gasteiger partial charge in [-0.3, -0.25) is 4.79 Å². The largest absolute Gasteiger partial charge is 0.314 e. The van der Waals surface area contributed by atoms with Crippen molar-refractivity contribution in [3.63, 3.8) is 0 Å². The minimum atomic E-state index is -0.699. The van der Waals surface area contributed by atoms with Gasteiger partial charge in [-0.1, -0.05) is 0 Å². The van der Waals surface area contributed by atoms with Gasteiger partial charge in [0, 0.05) is 32.1 Å². The first-order valence-corrected chi connectivity index (χ1v) is 5.14. The minimum Gasteiger partial charge on any atom is -0.314 e. The molecule has 1 fully saturated rings. The molecule has 1 aromatic carbocycles. The second-order valence-corrected chi connectivity index (χ2v) is 3.64. The Morgan fingerprint density at radius 3 is 2.81 bits per heavy atom. The maximum atomic E-state index is 13.5. The summed E-state index contributed by atoms with van der Waals surface area (Å²) in [5, 5.41) is 3.05. The van der Waals surface area contributed by atoms with Crippen LogP contribution in [0.4, 0.5) is 14.5 Å². The molecule has 0 aliphatic carbocycles. The summed E-state index contributed by atoms with van der Waals surface area (Å²) in [6.45, 7) is 1.61. The van der Waals surface area contributed by atoms with E-state index in [-0.39, 0.29) is 11.6 Å². The molecule has 1 aliphatic rings. The SMILES string of the molecule is O=C1CCNCCN1c1ccc(F)cc1F. The highest BCUT2D eigenvalue weighted by molar-refractivity contribution is 5.93. The van der Waals surface area contributed by atoms with E-state index < -0.39 is 11.6 Å². The number of nitrogens with zero attached hydrogens (tertiary/aromatic N) is 1. The summed E-state index contributed by atoms with van der Waals surface area (Å²) in [5.74, 6) is -1.48. The van der Waals surface area contributed by atoms with Gasteiger partial charge in [0.15, 0.2) is 0 Å². The van der Waals surface area contributed by atoms with Crippen LogP contribution in [0.25, 0.3) is 0 Å². The Kier molecular flexibility index (Phi) is 3.14. The van der Waals surface area contributed by atoms with Crippen molar-refractivity contribution in [1.29, 1.82) is 0 Å². The maximum Gasteiger partial charge on any atom is 0.228 e. The molecule has 1 N–H and O–H groups in total. The molecule has 16 heavy (non-hydrogen) atoms. The Labute approximate surface area is 92.1 Å². The van der Waals surface area contributed by atoms with E-state index in [4.69, 9.17) is 0 Å². The van der Waals surface area contributed by atoms with Crippen molar-refractivity contribution in [2.24, 2.45) is 0 Å². The molecule has 2 rings (SSSR count). The van der Waals surface area contributed by atoms with Crippen LogP contribution in [0.3, 0.4) is 0 Å². The number of amides is 1. The highest BCUT2D eigenvalue weighted by atomic mass is 19.1. The van der Waals surface area contributed by atoms with Crippen LogP contribution in [-0.4, -0.2) is 25.5 Å². The van der Waals surface area contributed by atoms with E-state index >= 15 is 0 Å². The molecule has 1 heterocycles. The van der Waals surface area contributed by atoms with E-state index in [0.29, 0.717) is 26.1 Å². The summed E-state index contributed by atoms with van der Waals surface area (Å²) in [6, 6.07) is 3.25. The van der Waals surface area contributed by atoms with Crippen LogP contribution < -0.4 is 10.2 Å². The van der Waals surface area contributed by atoms with Crippen molar-refractivity contribution >= 4 is 11.6 Å². The summed E-state index contributed by atoms with van der Waals surface area (Å²) >= 11 is 0. The maximum absolute atomic E-state index is 13.5. The molecule has 1 aromatic rings. The molecule has 5 heteroatoms. The quantitative estimate of drug-likeness (QED) is 0.782. The molecule has 0 radical (unpaired) electrons. The molecule has 1 saturated heterocycles. The summed E-state index contributed by atoms with van der Waals surface area (Å²) in [6.07, 6.45) is 0.330. The highest BCUT2D eigenvalue weighted by Gasteiger charge is 2.20. The molecule has 0 spiro atoms. The second-order valence-electron chi connectivity index (χ2n) is 3.64. The monoisotopic (exact) mass is 226 g/mol. The minimum absolute atomic E-state index is 0.143. The molecule has 0 atom stereocenters. The lowest BCUT2D eigenvalue weighted by Gasteiger charge is -2.20. The van der Waals surface area contributed by atoms with Gasteiger partial charge in [0.25, 0.3) is 0 Å². The standard InChI is InChI=1S/C11H12F2N2O/c12-8-1-2-10(9(13)7-8)15-6-5-14-4-3-11(15)16/h1-2,7,14H,3-6H2. The van der Waals surface area contributed by atoms with Crippen LogP contribution >= 0.6 is 0 Å². The van der Waals surface area contributed by atoms with Crippen molar-refractivity contribution in [3.05, 3.63) is 29.8 Å². The third-order valence-corrected chi connectivity index (χ3v) is 2.53. The second kappa shape index (κ2) is 4.57. The highest BCUT2D eigenvalue weighted by Crippen LogP contribution is 2.21. The van der Waals surface area contributed by atoms with Crippen molar-refractivity contribution in [2.75, 3.05) is 24.5 Å². The van der Waals surface area contributed by atoms with Crippen LogP contribution in [-0.2, 0) is 4.79 Å². The van der Waals surface area contributed by atoms with E-state index in [1.54, 1.807) is 0 Å². The fourth-order valence-electron chi connectivity index (χ4n) is 1.73. The van der Waals surface area contributed by atoms with Crippen molar-refractivity contribution in [2.45, 2.75) is 6.42 Å². The van der Waals surface area contributed by atoms with Gasteiger partial charge >= 0.3 is 0 Å². The van der Waals surface area contributed by atoms with Crippen molar-refractivity contribution < 1.29 is 13.6 Å². The lowest BCUT2D eigenvalue weighted by atomic mass is 10.2. The summed E-state index contributed by atoms with van der Waals surface area (Å²) < 4.78 is 26.2. The van der Waals surface area contributed by atoms with Crippen molar-refractivity contribution in [1.82, 2.24) is 5.32 Å². The molecular weight excluding hydrogens is 214 g/mol.